The molecule has 0 aliphatic heterocycles. The summed E-state index contributed by atoms with van der Waals surface area (Å²) < 4.78 is 43.8. The lowest BCUT2D eigenvalue weighted by atomic mass is 10.4. The van der Waals surface area contributed by atoms with Gasteiger partial charge in [0.05, 0.1) is 31.3 Å². The van der Waals surface area contributed by atoms with Gasteiger partial charge in [0.1, 0.15) is 0 Å². The Morgan fingerprint density at radius 2 is 1.42 bits per heavy atom. The maximum absolute atomic E-state index is 10.4. The molecule has 0 amide bonds. The fourth-order valence-electron chi connectivity index (χ4n) is 0.979. The van der Waals surface area contributed by atoms with Gasteiger partial charge in [0, 0.05) is 14.2 Å². The highest BCUT2D eigenvalue weighted by atomic mass is 32.2. The maximum Gasteiger partial charge on any atom is 0.294 e. The zero-order chi connectivity index (χ0) is 14.6. The number of hydrogen-bond acceptors (Lipinski definition) is 5. The van der Waals surface area contributed by atoms with Crippen LogP contribution in [-0.2, 0) is 24.3 Å². The van der Waals surface area contributed by atoms with E-state index < -0.39 is 10.1 Å². The van der Waals surface area contributed by atoms with E-state index in [2.05, 4.69) is 0 Å². The van der Waals surface area contributed by atoms with Crippen LogP contribution in [0.3, 0.4) is 0 Å². The SMILES string of the molecule is COCCOCCOC.O=S(=O)(O)c1ccccc1. The molecule has 0 fully saturated rings. The Hall–Kier alpha value is -0.990. The van der Waals surface area contributed by atoms with Crippen molar-refractivity contribution in [3.8, 4) is 0 Å². The first-order valence-electron chi connectivity index (χ1n) is 5.60. The highest BCUT2D eigenvalue weighted by molar-refractivity contribution is 7.85. The lowest BCUT2D eigenvalue weighted by molar-refractivity contribution is 0.0385. The van der Waals surface area contributed by atoms with Crippen LogP contribution in [0, 0.1) is 0 Å². The second-order valence-electron chi connectivity index (χ2n) is 3.39. The Labute approximate surface area is 114 Å². The van der Waals surface area contributed by atoms with Crippen LogP contribution in [0.25, 0.3) is 0 Å². The molecule has 0 atom stereocenters. The van der Waals surface area contributed by atoms with E-state index in [0.29, 0.717) is 26.4 Å². The smallest absolute Gasteiger partial charge is 0.294 e. The summed E-state index contributed by atoms with van der Waals surface area (Å²) in [6.07, 6.45) is 0. The molecule has 1 rings (SSSR count). The molecule has 1 N–H and O–H groups in total. The molecule has 0 unspecified atom stereocenters. The Kier molecular flexibility index (Phi) is 10.3. The van der Waals surface area contributed by atoms with E-state index in [1.165, 1.54) is 12.1 Å². The van der Waals surface area contributed by atoms with Crippen molar-refractivity contribution in [3.05, 3.63) is 30.3 Å². The van der Waals surface area contributed by atoms with Crippen molar-refractivity contribution in [1.82, 2.24) is 0 Å². The van der Waals surface area contributed by atoms with Crippen LogP contribution in [0.5, 0.6) is 0 Å². The Morgan fingerprint density at radius 1 is 0.947 bits per heavy atom. The van der Waals surface area contributed by atoms with Crippen molar-refractivity contribution in [3.63, 3.8) is 0 Å². The quantitative estimate of drug-likeness (QED) is 0.601. The van der Waals surface area contributed by atoms with Crippen molar-refractivity contribution in [2.45, 2.75) is 4.90 Å². The summed E-state index contributed by atoms with van der Waals surface area (Å²) in [7, 11) is -0.698. The van der Waals surface area contributed by atoms with E-state index in [4.69, 9.17) is 18.8 Å². The number of methoxy groups -OCH3 is 2. The molecule has 0 aliphatic rings. The first-order chi connectivity index (χ1) is 9.02. The van der Waals surface area contributed by atoms with Gasteiger partial charge in [-0.2, -0.15) is 8.42 Å². The van der Waals surface area contributed by atoms with Gasteiger partial charge in [-0.05, 0) is 12.1 Å². The van der Waals surface area contributed by atoms with E-state index in [0.717, 1.165) is 0 Å². The second-order valence-corrected chi connectivity index (χ2v) is 4.81. The van der Waals surface area contributed by atoms with E-state index in [1.807, 2.05) is 0 Å². The lowest BCUT2D eigenvalue weighted by Gasteiger charge is -2.00. The molecule has 7 heteroatoms. The molecule has 110 valence electrons. The van der Waals surface area contributed by atoms with Crippen LogP contribution in [0.4, 0.5) is 0 Å². The number of benzene rings is 1. The summed E-state index contributed by atoms with van der Waals surface area (Å²) in [5.41, 5.74) is 0. The fourth-order valence-corrected chi connectivity index (χ4v) is 1.48. The molecule has 0 radical (unpaired) electrons. The molecular formula is C12H20O6S. The Morgan fingerprint density at radius 3 is 1.74 bits per heavy atom. The summed E-state index contributed by atoms with van der Waals surface area (Å²) in [6.45, 7) is 2.62. The predicted molar refractivity (Wildman–Crippen MR) is 70.8 cm³/mol. The Bertz CT molecular complexity index is 397. The fraction of sp³-hybridized carbons (Fsp3) is 0.500. The average molecular weight is 292 g/mol. The third-order valence-electron chi connectivity index (χ3n) is 1.90. The van der Waals surface area contributed by atoms with Crippen LogP contribution in [0.2, 0.25) is 0 Å². The molecule has 19 heavy (non-hydrogen) atoms. The normalized spacial score (nSPS) is 10.7. The molecular weight excluding hydrogens is 272 g/mol. The molecule has 6 nitrogen and oxygen atoms in total. The van der Waals surface area contributed by atoms with Crippen molar-refractivity contribution < 1.29 is 27.2 Å². The van der Waals surface area contributed by atoms with E-state index in [1.54, 1.807) is 32.4 Å². The number of ether oxygens (including phenoxy) is 3. The summed E-state index contributed by atoms with van der Waals surface area (Å²) in [6, 6.07) is 7.42. The van der Waals surface area contributed by atoms with Crippen LogP contribution in [0.15, 0.2) is 35.2 Å². The Balaban J connectivity index is 0.000000344. The lowest BCUT2D eigenvalue weighted by Crippen LogP contribution is -2.06. The topological polar surface area (TPSA) is 82.1 Å². The summed E-state index contributed by atoms with van der Waals surface area (Å²) in [4.78, 5) is -0.0741. The van der Waals surface area contributed by atoms with Crippen LogP contribution < -0.4 is 0 Å². The molecule has 0 spiro atoms. The minimum absolute atomic E-state index is 0.0741. The summed E-state index contributed by atoms with van der Waals surface area (Å²) in [5.74, 6) is 0. The highest BCUT2D eigenvalue weighted by Crippen LogP contribution is 2.05. The van der Waals surface area contributed by atoms with Crippen LogP contribution in [0.1, 0.15) is 0 Å². The molecule has 1 aromatic rings. The van der Waals surface area contributed by atoms with Gasteiger partial charge in [-0.15, -0.1) is 0 Å². The first-order valence-corrected chi connectivity index (χ1v) is 7.04. The van der Waals surface area contributed by atoms with Gasteiger partial charge in [-0.25, -0.2) is 0 Å². The third-order valence-corrected chi connectivity index (χ3v) is 2.77. The van der Waals surface area contributed by atoms with Crippen molar-refractivity contribution in [2.75, 3.05) is 40.6 Å². The number of hydrogen-bond donors (Lipinski definition) is 1. The van der Waals surface area contributed by atoms with Crippen molar-refractivity contribution in [2.24, 2.45) is 0 Å². The first kappa shape index (κ1) is 18.0. The van der Waals surface area contributed by atoms with Gasteiger partial charge in [-0.1, -0.05) is 18.2 Å². The monoisotopic (exact) mass is 292 g/mol. The van der Waals surface area contributed by atoms with E-state index >= 15 is 0 Å². The molecule has 0 aromatic heterocycles. The maximum atomic E-state index is 10.4. The van der Waals surface area contributed by atoms with Gasteiger partial charge in [0.15, 0.2) is 0 Å². The summed E-state index contributed by atoms with van der Waals surface area (Å²) >= 11 is 0. The van der Waals surface area contributed by atoms with Gasteiger partial charge in [0.25, 0.3) is 10.1 Å². The molecule has 0 aliphatic carbocycles. The zero-order valence-corrected chi connectivity index (χ0v) is 11.9. The largest absolute Gasteiger partial charge is 0.382 e. The predicted octanol–water partition coefficient (Wildman–Crippen LogP) is 1.23. The molecule has 0 saturated heterocycles. The molecule has 1 aromatic carbocycles. The van der Waals surface area contributed by atoms with Gasteiger partial charge in [0.2, 0.25) is 0 Å². The van der Waals surface area contributed by atoms with Crippen molar-refractivity contribution >= 4 is 10.1 Å². The van der Waals surface area contributed by atoms with E-state index in [9.17, 15) is 8.42 Å². The third kappa shape index (κ3) is 10.6. The standard InChI is InChI=1S/C6H6O3S.C6H14O3/c7-10(8,9)6-4-2-1-3-5-6;1-7-3-5-9-6-4-8-2/h1-5H,(H,7,8,9);3-6H2,1-2H3. The van der Waals surface area contributed by atoms with Gasteiger partial charge < -0.3 is 14.2 Å². The van der Waals surface area contributed by atoms with E-state index in [-0.39, 0.29) is 4.90 Å². The highest BCUT2D eigenvalue weighted by Gasteiger charge is 2.05. The summed E-state index contributed by atoms with van der Waals surface area (Å²) in [5, 5.41) is 0. The van der Waals surface area contributed by atoms with Gasteiger partial charge >= 0.3 is 0 Å². The van der Waals surface area contributed by atoms with Crippen molar-refractivity contribution in [1.29, 1.82) is 0 Å². The van der Waals surface area contributed by atoms with Crippen LogP contribution in [-0.4, -0.2) is 53.6 Å². The van der Waals surface area contributed by atoms with Gasteiger partial charge in [-0.3, -0.25) is 4.55 Å². The average Bonchev–Trinajstić information content (AvgIpc) is 2.40. The van der Waals surface area contributed by atoms with Crippen LogP contribution >= 0.6 is 0 Å². The zero-order valence-electron chi connectivity index (χ0n) is 11.1. The molecule has 0 saturated carbocycles. The number of rotatable bonds is 7. The second kappa shape index (κ2) is 10.9. The molecule has 0 heterocycles. The molecule has 0 bridgehead atoms. The minimum atomic E-state index is -4.00. The minimum Gasteiger partial charge on any atom is -0.382 e.